The van der Waals surface area contributed by atoms with E-state index in [-0.39, 0.29) is 17.9 Å². The highest BCUT2D eigenvalue weighted by Crippen LogP contribution is 2.11. The smallest absolute Gasteiger partial charge is 0.248 e. The molecule has 0 spiro atoms. The van der Waals surface area contributed by atoms with E-state index in [0.29, 0.717) is 12.1 Å². The lowest BCUT2D eigenvalue weighted by atomic mass is 10.1. The molecule has 2 rings (SSSR count). The van der Waals surface area contributed by atoms with Crippen molar-refractivity contribution < 1.29 is 13.6 Å². The normalized spacial score (nSPS) is 10.5. The Kier molecular flexibility index (Phi) is 4.42. The van der Waals surface area contributed by atoms with Gasteiger partial charge in [0.05, 0.1) is 0 Å². The molecule has 0 aromatic heterocycles. The summed E-state index contributed by atoms with van der Waals surface area (Å²) in [6, 6.07) is 10.0. The third-order valence-electron chi connectivity index (χ3n) is 2.89. The summed E-state index contributed by atoms with van der Waals surface area (Å²) in [6.45, 7) is 0.727. The molecule has 3 N–H and O–H groups in total. The molecule has 0 saturated carbocycles. The van der Waals surface area contributed by atoms with Crippen molar-refractivity contribution in [1.29, 1.82) is 0 Å². The van der Waals surface area contributed by atoms with Crippen LogP contribution in [0.3, 0.4) is 0 Å². The van der Waals surface area contributed by atoms with Crippen LogP contribution in [0.15, 0.2) is 42.5 Å². The highest BCUT2D eigenvalue weighted by molar-refractivity contribution is 5.92. The molecule has 1 amide bonds. The molecule has 0 saturated heterocycles. The molecule has 104 valence electrons. The predicted octanol–water partition coefficient (Wildman–Crippen LogP) is 2.35. The monoisotopic (exact) mass is 276 g/mol. The summed E-state index contributed by atoms with van der Waals surface area (Å²) < 4.78 is 26.3. The van der Waals surface area contributed by atoms with E-state index >= 15 is 0 Å². The molecule has 0 bridgehead atoms. The van der Waals surface area contributed by atoms with E-state index in [1.54, 1.807) is 12.1 Å². The molecule has 3 nitrogen and oxygen atoms in total. The Morgan fingerprint density at radius 1 is 1.05 bits per heavy atom. The molecule has 0 unspecified atom stereocenters. The van der Waals surface area contributed by atoms with E-state index < -0.39 is 11.7 Å². The maximum absolute atomic E-state index is 13.6. The van der Waals surface area contributed by atoms with Crippen LogP contribution in [0.4, 0.5) is 8.78 Å². The third-order valence-corrected chi connectivity index (χ3v) is 2.89. The van der Waals surface area contributed by atoms with Gasteiger partial charge in [-0.15, -0.1) is 0 Å². The van der Waals surface area contributed by atoms with Gasteiger partial charge < -0.3 is 11.1 Å². The Labute approximate surface area is 115 Å². The number of hydrogen-bond acceptors (Lipinski definition) is 2. The second-order valence-electron chi connectivity index (χ2n) is 4.40. The molecule has 0 atom stereocenters. The predicted molar refractivity (Wildman–Crippen MR) is 71.9 cm³/mol. The molecule has 0 aliphatic carbocycles. The first kappa shape index (κ1) is 14.1. The van der Waals surface area contributed by atoms with Crippen LogP contribution in [0.2, 0.25) is 0 Å². The van der Waals surface area contributed by atoms with E-state index in [2.05, 4.69) is 5.32 Å². The summed E-state index contributed by atoms with van der Waals surface area (Å²) in [7, 11) is 0. The Morgan fingerprint density at radius 2 is 1.75 bits per heavy atom. The minimum absolute atomic E-state index is 0.254. The summed E-state index contributed by atoms with van der Waals surface area (Å²) in [5, 5.41) is 3.03. The Morgan fingerprint density at radius 3 is 2.40 bits per heavy atom. The van der Waals surface area contributed by atoms with Crippen LogP contribution in [-0.2, 0) is 13.1 Å². The topological polar surface area (TPSA) is 55.1 Å². The minimum atomic E-state index is -0.593. The van der Waals surface area contributed by atoms with Crippen LogP contribution in [0.1, 0.15) is 21.5 Å². The zero-order valence-corrected chi connectivity index (χ0v) is 10.7. The van der Waals surface area contributed by atoms with E-state index in [1.807, 2.05) is 0 Å². The second-order valence-corrected chi connectivity index (χ2v) is 4.40. The number of amides is 1. The van der Waals surface area contributed by atoms with Crippen LogP contribution < -0.4 is 11.1 Å². The third kappa shape index (κ3) is 3.61. The highest BCUT2D eigenvalue weighted by atomic mass is 19.1. The van der Waals surface area contributed by atoms with Crippen molar-refractivity contribution in [3.63, 3.8) is 0 Å². The minimum Gasteiger partial charge on any atom is -0.366 e. The Bertz CT molecular complexity index is 612. The maximum Gasteiger partial charge on any atom is 0.248 e. The van der Waals surface area contributed by atoms with Crippen LogP contribution in [-0.4, -0.2) is 5.91 Å². The fourth-order valence-electron chi connectivity index (χ4n) is 1.81. The largest absolute Gasteiger partial charge is 0.366 e. The van der Waals surface area contributed by atoms with Crippen LogP contribution in [0, 0.1) is 11.6 Å². The van der Waals surface area contributed by atoms with Gasteiger partial charge in [0.2, 0.25) is 5.91 Å². The molecule has 5 heteroatoms. The highest BCUT2D eigenvalue weighted by Gasteiger charge is 2.06. The van der Waals surface area contributed by atoms with Crippen LogP contribution in [0.5, 0.6) is 0 Å². The van der Waals surface area contributed by atoms with Gasteiger partial charge in [0.1, 0.15) is 11.6 Å². The molecular weight excluding hydrogens is 262 g/mol. The van der Waals surface area contributed by atoms with Crippen molar-refractivity contribution in [1.82, 2.24) is 5.32 Å². The van der Waals surface area contributed by atoms with E-state index in [0.717, 1.165) is 5.56 Å². The molecule has 0 aliphatic rings. The van der Waals surface area contributed by atoms with Crippen molar-refractivity contribution >= 4 is 5.91 Å². The van der Waals surface area contributed by atoms with Gasteiger partial charge in [0.15, 0.2) is 0 Å². The van der Waals surface area contributed by atoms with Crippen molar-refractivity contribution in [2.75, 3.05) is 0 Å². The number of carbonyl (C=O) groups is 1. The van der Waals surface area contributed by atoms with Gasteiger partial charge in [-0.05, 0) is 35.9 Å². The number of nitrogens with one attached hydrogen (secondary N) is 1. The van der Waals surface area contributed by atoms with Crippen molar-refractivity contribution in [3.8, 4) is 0 Å². The van der Waals surface area contributed by atoms with Crippen molar-refractivity contribution in [2.24, 2.45) is 5.73 Å². The SMILES string of the molecule is NC(=O)c1ccc(F)c(CNCc2ccc(F)cc2)c1. The molecule has 0 heterocycles. The maximum atomic E-state index is 13.6. The van der Waals surface area contributed by atoms with E-state index in [1.165, 1.54) is 30.3 Å². The standard InChI is InChI=1S/C15H14F2N2O/c16-13-4-1-10(2-5-13)8-19-9-12-7-11(15(18)20)3-6-14(12)17/h1-7,19H,8-9H2,(H2,18,20). The lowest BCUT2D eigenvalue weighted by Gasteiger charge is -2.07. The van der Waals surface area contributed by atoms with Crippen LogP contribution in [0.25, 0.3) is 0 Å². The van der Waals surface area contributed by atoms with Crippen molar-refractivity contribution in [2.45, 2.75) is 13.1 Å². The first-order chi connectivity index (χ1) is 9.56. The van der Waals surface area contributed by atoms with Gasteiger partial charge in [-0.1, -0.05) is 12.1 Å². The lowest BCUT2D eigenvalue weighted by Crippen LogP contribution is -2.16. The average Bonchev–Trinajstić information content (AvgIpc) is 2.43. The summed E-state index contributed by atoms with van der Waals surface area (Å²) in [4.78, 5) is 11.0. The van der Waals surface area contributed by atoms with Gasteiger partial charge in [0, 0.05) is 24.2 Å². The van der Waals surface area contributed by atoms with Gasteiger partial charge >= 0.3 is 0 Å². The summed E-state index contributed by atoms with van der Waals surface area (Å²) in [6.07, 6.45) is 0. The average molecular weight is 276 g/mol. The van der Waals surface area contributed by atoms with Gasteiger partial charge in [-0.3, -0.25) is 4.79 Å². The molecule has 20 heavy (non-hydrogen) atoms. The number of hydrogen-bond donors (Lipinski definition) is 2. The van der Waals surface area contributed by atoms with Gasteiger partial charge in [0.25, 0.3) is 0 Å². The second kappa shape index (κ2) is 6.25. The zero-order chi connectivity index (χ0) is 14.5. The summed E-state index contributed by atoms with van der Waals surface area (Å²) >= 11 is 0. The number of primary amides is 1. The van der Waals surface area contributed by atoms with Crippen LogP contribution >= 0.6 is 0 Å². The molecule has 2 aromatic rings. The number of carbonyl (C=O) groups excluding carboxylic acids is 1. The van der Waals surface area contributed by atoms with Crippen molar-refractivity contribution in [3.05, 3.63) is 70.8 Å². The number of benzene rings is 2. The number of nitrogens with two attached hydrogens (primary N) is 1. The molecule has 0 fully saturated rings. The molecule has 0 radical (unpaired) electrons. The number of rotatable bonds is 5. The molecular formula is C15H14F2N2O. The number of halogens is 2. The van der Waals surface area contributed by atoms with E-state index in [9.17, 15) is 13.6 Å². The molecule has 0 aliphatic heterocycles. The molecule has 2 aromatic carbocycles. The first-order valence-corrected chi connectivity index (χ1v) is 6.09. The Balaban J connectivity index is 1.98. The zero-order valence-electron chi connectivity index (χ0n) is 10.7. The fraction of sp³-hybridized carbons (Fsp3) is 0.133. The summed E-state index contributed by atoms with van der Waals surface area (Å²) in [5.74, 6) is -1.29. The lowest BCUT2D eigenvalue weighted by molar-refractivity contribution is 0.1000. The van der Waals surface area contributed by atoms with Gasteiger partial charge in [-0.25, -0.2) is 8.78 Å². The summed E-state index contributed by atoms with van der Waals surface area (Å²) in [5.41, 5.74) is 6.67. The van der Waals surface area contributed by atoms with Gasteiger partial charge in [-0.2, -0.15) is 0 Å². The first-order valence-electron chi connectivity index (χ1n) is 6.09. The Hall–Kier alpha value is -2.27. The fourth-order valence-corrected chi connectivity index (χ4v) is 1.81. The quantitative estimate of drug-likeness (QED) is 0.880. The van der Waals surface area contributed by atoms with E-state index in [4.69, 9.17) is 5.73 Å².